The summed E-state index contributed by atoms with van der Waals surface area (Å²) in [6, 6.07) is 8.47. The van der Waals surface area contributed by atoms with Gasteiger partial charge in [0.05, 0.1) is 5.56 Å². The Morgan fingerprint density at radius 2 is 1.54 bits per heavy atom. The Labute approximate surface area is 168 Å². The summed E-state index contributed by atoms with van der Waals surface area (Å²) in [6.07, 6.45) is -3.77. The molecule has 0 fully saturated rings. The first kappa shape index (κ1) is 22.7. The molecule has 2 atom stereocenters. The second kappa shape index (κ2) is 7.71. The summed E-state index contributed by atoms with van der Waals surface area (Å²) in [5.41, 5.74) is 2.45. The van der Waals surface area contributed by atoms with E-state index in [2.05, 4.69) is 20.8 Å². The molecule has 0 aliphatic carbocycles. The van der Waals surface area contributed by atoms with Crippen molar-refractivity contribution in [1.82, 2.24) is 0 Å². The minimum absolute atomic E-state index is 0.113. The SMILES string of the molecule is CCC(C)(Pc1ccc(C)cc1C(F)(F)F)c1cc(C(C)(C)C)cc(C)c1O. The van der Waals surface area contributed by atoms with Crippen molar-refractivity contribution in [2.24, 2.45) is 0 Å². The first-order valence-corrected chi connectivity index (χ1v) is 10.5. The highest BCUT2D eigenvalue weighted by molar-refractivity contribution is 7.48. The van der Waals surface area contributed by atoms with Crippen LogP contribution in [0.15, 0.2) is 30.3 Å². The monoisotopic (exact) mass is 410 g/mol. The molecule has 5 heteroatoms. The van der Waals surface area contributed by atoms with Gasteiger partial charge in [-0.3, -0.25) is 0 Å². The number of aromatic hydroxyl groups is 1. The number of halogens is 3. The molecule has 0 aliphatic rings. The molecule has 1 N–H and O–H groups in total. The average Bonchev–Trinajstić information content (AvgIpc) is 2.56. The van der Waals surface area contributed by atoms with Gasteiger partial charge in [-0.05, 0) is 48.2 Å². The van der Waals surface area contributed by atoms with Gasteiger partial charge in [0.15, 0.2) is 0 Å². The summed E-state index contributed by atoms with van der Waals surface area (Å²) in [7, 11) is -0.113. The number of benzene rings is 2. The Kier molecular flexibility index (Phi) is 6.26. The summed E-state index contributed by atoms with van der Waals surface area (Å²) < 4.78 is 40.9. The van der Waals surface area contributed by atoms with E-state index in [4.69, 9.17) is 0 Å². The van der Waals surface area contributed by atoms with E-state index in [1.807, 2.05) is 32.9 Å². The molecule has 28 heavy (non-hydrogen) atoms. The van der Waals surface area contributed by atoms with Gasteiger partial charge in [-0.1, -0.05) is 73.0 Å². The van der Waals surface area contributed by atoms with Crippen LogP contribution in [-0.2, 0) is 16.7 Å². The Balaban J connectivity index is 2.64. The van der Waals surface area contributed by atoms with Gasteiger partial charge in [0, 0.05) is 10.7 Å². The molecule has 2 aromatic rings. The summed E-state index contributed by atoms with van der Waals surface area (Å²) in [5, 5.41) is 10.5. The molecule has 1 nitrogen and oxygen atoms in total. The molecule has 0 spiro atoms. The van der Waals surface area contributed by atoms with E-state index < -0.39 is 16.9 Å². The van der Waals surface area contributed by atoms with E-state index in [0.29, 0.717) is 17.3 Å². The zero-order chi connectivity index (χ0) is 21.5. The first-order valence-electron chi connectivity index (χ1n) is 9.49. The normalized spacial score (nSPS) is 15.2. The maximum Gasteiger partial charge on any atom is 0.417 e. The van der Waals surface area contributed by atoms with Crippen molar-refractivity contribution in [2.75, 3.05) is 0 Å². The van der Waals surface area contributed by atoms with E-state index >= 15 is 0 Å². The topological polar surface area (TPSA) is 20.2 Å². The molecule has 0 saturated carbocycles. The van der Waals surface area contributed by atoms with Crippen molar-refractivity contribution in [3.8, 4) is 5.75 Å². The van der Waals surface area contributed by atoms with Gasteiger partial charge in [-0.15, -0.1) is 0 Å². The average molecular weight is 410 g/mol. The predicted octanol–water partition coefficient (Wildman–Crippen LogP) is 6.95. The summed E-state index contributed by atoms with van der Waals surface area (Å²) in [4.78, 5) is 0. The van der Waals surface area contributed by atoms with Crippen molar-refractivity contribution >= 4 is 13.9 Å². The van der Waals surface area contributed by atoms with E-state index in [-0.39, 0.29) is 19.7 Å². The fourth-order valence-electron chi connectivity index (χ4n) is 3.28. The number of hydrogen-bond acceptors (Lipinski definition) is 1. The van der Waals surface area contributed by atoms with Gasteiger partial charge in [0.1, 0.15) is 5.75 Å². The van der Waals surface area contributed by atoms with Crippen molar-refractivity contribution in [2.45, 2.75) is 71.6 Å². The Bertz CT molecular complexity index is 865. The van der Waals surface area contributed by atoms with Crippen LogP contribution in [0.2, 0.25) is 0 Å². The minimum Gasteiger partial charge on any atom is -0.507 e. The minimum atomic E-state index is -4.39. The molecule has 2 unspecified atom stereocenters. The number of rotatable bonds is 4. The zero-order valence-corrected chi connectivity index (χ0v) is 18.7. The third-order valence-corrected chi connectivity index (χ3v) is 7.24. The van der Waals surface area contributed by atoms with Gasteiger partial charge in [0.2, 0.25) is 0 Å². The quantitative estimate of drug-likeness (QED) is 0.541. The lowest BCUT2D eigenvalue weighted by Crippen LogP contribution is -2.24. The lowest BCUT2D eigenvalue weighted by atomic mass is 9.82. The zero-order valence-electron chi connectivity index (χ0n) is 17.7. The Hall–Kier alpha value is -1.54. The summed E-state index contributed by atoms with van der Waals surface area (Å²) in [6.45, 7) is 13.7. The van der Waals surface area contributed by atoms with Crippen molar-refractivity contribution in [3.05, 3.63) is 58.1 Å². The summed E-state index contributed by atoms with van der Waals surface area (Å²) in [5.74, 6) is 0.186. The molecule has 2 aromatic carbocycles. The predicted molar refractivity (Wildman–Crippen MR) is 113 cm³/mol. The highest BCUT2D eigenvalue weighted by Crippen LogP contribution is 2.50. The third kappa shape index (κ3) is 4.71. The van der Waals surface area contributed by atoms with Gasteiger partial charge >= 0.3 is 6.18 Å². The highest BCUT2D eigenvalue weighted by atomic mass is 31.1. The van der Waals surface area contributed by atoms with Gasteiger partial charge in [-0.2, -0.15) is 13.2 Å². The van der Waals surface area contributed by atoms with E-state index in [9.17, 15) is 18.3 Å². The number of aryl methyl sites for hydroxylation is 2. The van der Waals surface area contributed by atoms with Gasteiger partial charge in [0.25, 0.3) is 0 Å². The fourth-order valence-corrected chi connectivity index (χ4v) is 4.89. The van der Waals surface area contributed by atoms with Crippen LogP contribution >= 0.6 is 8.58 Å². The van der Waals surface area contributed by atoms with Crippen molar-refractivity contribution in [3.63, 3.8) is 0 Å². The van der Waals surface area contributed by atoms with Crippen LogP contribution in [0, 0.1) is 13.8 Å². The van der Waals surface area contributed by atoms with Crippen molar-refractivity contribution in [1.29, 1.82) is 0 Å². The molecule has 0 saturated heterocycles. The molecule has 2 rings (SSSR count). The number of phenols is 1. The number of phenolic OH excluding ortho intramolecular Hbond substituents is 1. The molecular formula is C23H30F3OP. The molecule has 0 aromatic heterocycles. The standard InChI is InChI=1S/C23H30F3OP/c1-8-22(7,18-13-16(21(4,5)6)12-15(3)20(18)27)28-19-10-9-14(2)11-17(19)23(24,25)26/h9-13,27-28H,8H2,1-7H3. The summed E-state index contributed by atoms with van der Waals surface area (Å²) >= 11 is 0. The Morgan fingerprint density at radius 3 is 2.04 bits per heavy atom. The van der Waals surface area contributed by atoms with Crippen LogP contribution in [0.1, 0.15) is 68.9 Å². The molecule has 0 bridgehead atoms. The number of alkyl halides is 3. The second-order valence-corrected chi connectivity index (χ2v) is 10.7. The molecule has 154 valence electrons. The van der Waals surface area contributed by atoms with Crippen LogP contribution in [-0.4, -0.2) is 5.11 Å². The van der Waals surface area contributed by atoms with E-state index in [1.165, 1.54) is 6.07 Å². The molecule has 0 heterocycles. The number of hydrogen-bond donors (Lipinski definition) is 1. The molecule has 0 radical (unpaired) electrons. The maximum atomic E-state index is 13.6. The largest absolute Gasteiger partial charge is 0.507 e. The van der Waals surface area contributed by atoms with Crippen molar-refractivity contribution < 1.29 is 18.3 Å². The molecule has 0 amide bonds. The highest BCUT2D eigenvalue weighted by Gasteiger charge is 2.37. The van der Waals surface area contributed by atoms with Gasteiger partial charge < -0.3 is 5.11 Å². The third-order valence-electron chi connectivity index (χ3n) is 5.36. The Morgan fingerprint density at radius 1 is 0.929 bits per heavy atom. The van der Waals surface area contributed by atoms with Crippen LogP contribution < -0.4 is 5.30 Å². The lowest BCUT2D eigenvalue weighted by molar-refractivity contribution is -0.136. The molecule has 0 aliphatic heterocycles. The van der Waals surface area contributed by atoms with Crippen LogP contribution in [0.5, 0.6) is 5.75 Å². The second-order valence-electron chi connectivity index (χ2n) is 8.80. The van der Waals surface area contributed by atoms with Crippen LogP contribution in [0.3, 0.4) is 0 Å². The lowest BCUT2D eigenvalue weighted by Gasteiger charge is -2.33. The van der Waals surface area contributed by atoms with E-state index in [1.54, 1.807) is 19.1 Å². The fraction of sp³-hybridized carbons (Fsp3) is 0.478. The van der Waals surface area contributed by atoms with E-state index in [0.717, 1.165) is 16.7 Å². The van der Waals surface area contributed by atoms with Crippen LogP contribution in [0.25, 0.3) is 0 Å². The molecular weight excluding hydrogens is 380 g/mol. The first-order chi connectivity index (χ1) is 12.7. The smallest absolute Gasteiger partial charge is 0.417 e. The van der Waals surface area contributed by atoms with Gasteiger partial charge in [-0.25, -0.2) is 0 Å². The maximum absolute atomic E-state index is 13.6. The van der Waals surface area contributed by atoms with Crippen LogP contribution in [0.4, 0.5) is 13.2 Å².